The van der Waals surface area contributed by atoms with Crippen LogP contribution in [0.2, 0.25) is 0 Å². The molecule has 0 saturated carbocycles. The Labute approximate surface area is 363 Å². The van der Waals surface area contributed by atoms with Crippen molar-refractivity contribution in [1.82, 2.24) is 14.1 Å². The summed E-state index contributed by atoms with van der Waals surface area (Å²) in [6, 6.07) is 41.5. The maximum absolute atomic E-state index is 6.50. The number of aliphatic imine (C=N–C) groups is 1. The van der Waals surface area contributed by atoms with Crippen LogP contribution in [0.15, 0.2) is 102 Å². The Balaban J connectivity index is 0.00000484. The summed E-state index contributed by atoms with van der Waals surface area (Å²) in [6.07, 6.45) is 1.89. The molecule has 5 nitrogen and oxygen atoms in total. The van der Waals surface area contributed by atoms with Crippen LogP contribution in [-0.4, -0.2) is 32.2 Å². The monoisotopic (exact) mass is 957 g/mol. The fraction of sp³-hybridized carbons (Fsp3) is 0.321. The SMILES string of the molecule is Cc1ccc2c(c1)c1ccc(-n3c4ccc(C(C)(C)C)cc4c4cccnc43)[c-]c1n2-c1[c-]c(C2=N[C@](C)(C(C)C)CO2)cc(-c2c(C(C)C)cccc2C(C)C)c1.[Pt+2]. The van der Waals surface area contributed by atoms with Crippen LogP contribution in [0, 0.1) is 25.0 Å². The van der Waals surface area contributed by atoms with Crippen LogP contribution in [0.5, 0.6) is 0 Å². The number of fused-ring (bicyclic) bond motifs is 6. The van der Waals surface area contributed by atoms with Crippen LogP contribution < -0.4 is 0 Å². The van der Waals surface area contributed by atoms with Crippen molar-refractivity contribution in [3.63, 3.8) is 0 Å². The van der Waals surface area contributed by atoms with Gasteiger partial charge in [-0.15, -0.1) is 35.7 Å². The average Bonchev–Trinajstić information content (AvgIpc) is 3.86. The van der Waals surface area contributed by atoms with Gasteiger partial charge >= 0.3 is 21.1 Å². The van der Waals surface area contributed by atoms with E-state index in [0.29, 0.717) is 30.3 Å². The Hall–Kier alpha value is -4.99. The van der Waals surface area contributed by atoms with E-state index in [0.717, 1.165) is 55.5 Å². The first-order chi connectivity index (χ1) is 27.6. The molecule has 5 aromatic carbocycles. The minimum atomic E-state index is -0.310. The molecule has 6 heteroatoms. The Morgan fingerprint density at radius 3 is 2.08 bits per heavy atom. The standard InChI is InChI=1S/C53H54N4O.Pt/c1-31(2)40-14-12-15-41(32(3)4)49(40)35-25-36(51-55-53(11,30-58-51)33(5)6)27-39(26-35)56-46-21-17-34(7)24-44(46)42-20-19-38(29-48(42)56)57-47-22-18-37(52(8,9)10)28-45(47)43-16-13-23-54-50(43)57;/h12-26,28,31-33H,30H2,1-11H3;/q-2;+2/t53-;/m0./s1. The molecular formula is C53H54N4OPt. The second kappa shape index (κ2) is 14.9. The van der Waals surface area contributed by atoms with Crippen molar-refractivity contribution in [1.29, 1.82) is 0 Å². The molecule has 9 rings (SSSR count). The first kappa shape index (κ1) is 40.8. The third-order valence-electron chi connectivity index (χ3n) is 12.5. The van der Waals surface area contributed by atoms with Gasteiger partial charge in [0.2, 0.25) is 0 Å². The topological polar surface area (TPSA) is 44.3 Å². The van der Waals surface area contributed by atoms with Crippen LogP contribution in [0.4, 0.5) is 0 Å². The normalized spacial score (nSPS) is 15.9. The molecule has 1 aliphatic heterocycles. The number of rotatable bonds is 7. The van der Waals surface area contributed by atoms with Crippen molar-refractivity contribution in [2.45, 2.75) is 99.0 Å². The second-order valence-electron chi connectivity index (χ2n) is 18.7. The van der Waals surface area contributed by atoms with Gasteiger partial charge in [-0.05, 0) is 101 Å². The molecule has 0 aliphatic carbocycles. The van der Waals surface area contributed by atoms with Crippen molar-refractivity contribution in [2.75, 3.05) is 6.61 Å². The van der Waals surface area contributed by atoms with Crippen LogP contribution in [0.3, 0.4) is 0 Å². The van der Waals surface area contributed by atoms with E-state index in [4.69, 9.17) is 14.7 Å². The third kappa shape index (κ3) is 6.84. The number of nitrogens with zero attached hydrogens (tertiary/aromatic N) is 4. The molecule has 1 atom stereocenters. The number of ether oxygens (including phenoxy) is 1. The second-order valence-corrected chi connectivity index (χ2v) is 18.7. The molecule has 0 unspecified atom stereocenters. The molecule has 59 heavy (non-hydrogen) atoms. The van der Waals surface area contributed by atoms with Crippen LogP contribution in [0.1, 0.15) is 109 Å². The molecule has 0 fully saturated rings. The van der Waals surface area contributed by atoms with E-state index in [2.05, 4.69) is 182 Å². The predicted octanol–water partition coefficient (Wildman–Crippen LogP) is 13.6. The Morgan fingerprint density at radius 1 is 0.712 bits per heavy atom. The van der Waals surface area contributed by atoms with Crippen molar-refractivity contribution >= 4 is 49.6 Å². The van der Waals surface area contributed by atoms with Gasteiger partial charge in [-0.25, -0.2) is 4.98 Å². The average molecular weight is 958 g/mol. The fourth-order valence-corrected chi connectivity index (χ4v) is 8.75. The van der Waals surface area contributed by atoms with Gasteiger partial charge < -0.3 is 13.9 Å². The van der Waals surface area contributed by atoms with Gasteiger partial charge in [-0.1, -0.05) is 127 Å². The molecule has 4 heterocycles. The molecule has 1 aliphatic rings. The molecule has 3 aromatic heterocycles. The number of benzene rings is 5. The van der Waals surface area contributed by atoms with Crippen LogP contribution >= 0.6 is 0 Å². The minimum absolute atomic E-state index is 0. The first-order valence-electron chi connectivity index (χ1n) is 20.9. The summed E-state index contributed by atoms with van der Waals surface area (Å²) in [5, 5.41) is 4.65. The van der Waals surface area contributed by atoms with Gasteiger partial charge in [0.1, 0.15) is 18.2 Å². The first-order valence-corrected chi connectivity index (χ1v) is 20.9. The molecular weight excluding hydrogens is 904 g/mol. The number of aryl methyl sites for hydroxylation is 1. The van der Waals surface area contributed by atoms with E-state index in [1.165, 1.54) is 38.6 Å². The van der Waals surface area contributed by atoms with Gasteiger partial charge in [0.15, 0.2) is 0 Å². The minimum Gasteiger partial charge on any atom is -0.518 e. The molecule has 8 aromatic rings. The van der Waals surface area contributed by atoms with E-state index in [1.807, 2.05) is 12.3 Å². The van der Waals surface area contributed by atoms with E-state index < -0.39 is 0 Å². The van der Waals surface area contributed by atoms with Crippen molar-refractivity contribution in [2.24, 2.45) is 10.9 Å². The number of pyridine rings is 1. The molecule has 0 saturated heterocycles. The zero-order chi connectivity index (χ0) is 40.8. The predicted molar refractivity (Wildman–Crippen MR) is 243 cm³/mol. The summed E-state index contributed by atoms with van der Waals surface area (Å²) in [5.74, 6) is 1.64. The van der Waals surface area contributed by atoms with Gasteiger partial charge in [0.25, 0.3) is 0 Å². The van der Waals surface area contributed by atoms with E-state index in [1.54, 1.807) is 0 Å². The zero-order valence-corrected chi connectivity index (χ0v) is 38.5. The maximum atomic E-state index is 6.50. The third-order valence-corrected chi connectivity index (χ3v) is 12.5. The van der Waals surface area contributed by atoms with Gasteiger partial charge in [0, 0.05) is 22.5 Å². The van der Waals surface area contributed by atoms with E-state index in [9.17, 15) is 0 Å². The number of hydrogen-bond donors (Lipinski definition) is 0. The number of aromatic nitrogens is 3. The summed E-state index contributed by atoms with van der Waals surface area (Å²) < 4.78 is 11.1. The molecule has 0 N–H and O–H groups in total. The zero-order valence-electron chi connectivity index (χ0n) is 36.2. The maximum Gasteiger partial charge on any atom is 2.00 e. The molecule has 0 bridgehead atoms. The summed E-state index contributed by atoms with van der Waals surface area (Å²) in [5.41, 5.74) is 14.2. The van der Waals surface area contributed by atoms with Crippen LogP contribution in [0.25, 0.3) is 66.2 Å². The Bertz CT molecular complexity index is 2930. The Morgan fingerprint density at radius 2 is 1.41 bits per heavy atom. The van der Waals surface area contributed by atoms with E-state index in [-0.39, 0.29) is 32.0 Å². The quantitative estimate of drug-likeness (QED) is 0.149. The molecule has 0 spiro atoms. The van der Waals surface area contributed by atoms with Crippen LogP contribution in [-0.2, 0) is 31.2 Å². The smallest absolute Gasteiger partial charge is 0.518 e. The van der Waals surface area contributed by atoms with Gasteiger partial charge in [-0.3, -0.25) is 4.99 Å². The van der Waals surface area contributed by atoms with Gasteiger partial charge in [-0.2, -0.15) is 6.07 Å². The molecule has 0 radical (unpaired) electrons. The van der Waals surface area contributed by atoms with Crippen molar-refractivity contribution < 1.29 is 25.8 Å². The summed E-state index contributed by atoms with van der Waals surface area (Å²) >= 11 is 0. The molecule has 0 amide bonds. The fourth-order valence-electron chi connectivity index (χ4n) is 8.75. The van der Waals surface area contributed by atoms with Crippen molar-refractivity contribution in [3.8, 4) is 22.5 Å². The largest absolute Gasteiger partial charge is 2.00 e. The summed E-state index contributed by atoms with van der Waals surface area (Å²) in [7, 11) is 0. The van der Waals surface area contributed by atoms with E-state index >= 15 is 0 Å². The van der Waals surface area contributed by atoms with Gasteiger partial charge in [0.05, 0.1) is 11.1 Å². The Kier molecular flexibility index (Phi) is 10.3. The summed E-state index contributed by atoms with van der Waals surface area (Å²) in [4.78, 5) is 10.2. The number of hydrogen-bond acceptors (Lipinski definition) is 3. The van der Waals surface area contributed by atoms with Crippen molar-refractivity contribution in [3.05, 3.63) is 137 Å². The molecule has 302 valence electrons. The summed E-state index contributed by atoms with van der Waals surface area (Å²) in [6.45, 7) is 25.3.